The van der Waals surface area contributed by atoms with Gasteiger partial charge in [-0.15, -0.1) is 6.58 Å². The van der Waals surface area contributed by atoms with Crippen LogP contribution in [0.4, 0.5) is 4.79 Å². The largest absolute Gasteiger partial charge is 0.449 e. The van der Waals surface area contributed by atoms with Crippen LogP contribution >= 0.6 is 0 Å². The molecule has 4 atom stereocenters. The van der Waals surface area contributed by atoms with Gasteiger partial charge in [-0.25, -0.2) is 9.78 Å². The van der Waals surface area contributed by atoms with E-state index in [0.717, 1.165) is 18.4 Å². The maximum Gasteiger partial charge on any atom is 0.407 e. The highest BCUT2D eigenvalue weighted by Gasteiger charge is 2.43. The molecule has 3 aromatic rings. The summed E-state index contributed by atoms with van der Waals surface area (Å²) in [5.41, 5.74) is 7.81. The Kier molecular flexibility index (Phi) is 12.5. The first-order chi connectivity index (χ1) is 23.4. The van der Waals surface area contributed by atoms with Crippen LogP contribution in [0.3, 0.4) is 0 Å². The number of Topliss-reactive ketones (excluding diaryl/α,β-unsaturated/α-hetero) is 2. The number of aryl methyl sites for hydroxylation is 1. The number of hydrogen-bond acceptors (Lipinski definition) is 9. The second-order valence-electron chi connectivity index (χ2n) is 12.8. The summed E-state index contributed by atoms with van der Waals surface area (Å²) in [6.45, 7) is 4.92. The minimum Gasteiger partial charge on any atom is -0.449 e. The van der Waals surface area contributed by atoms with Gasteiger partial charge in [0.2, 0.25) is 11.7 Å². The summed E-state index contributed by atoms with van der Waals surface area (Å²) in [4.78, 5) is 60.8. The van der Waals surface area contributed by atoms with E-state index >= 15 is 0 Å². The number of nitrogens with one attached hydrogen (secondary N) is 1. The third kappa shape index (κ3) is 9.60. The Morgan fingerprint density at radius 2 is 1.83 bits per heavy atom. The van der Waals surface area contributed by atoms with Gasteiger partial charge in [-0.1, -0.05) is 55.0 Å². The van der Waals surface area contributed by atoms with Crippen LogP contribution in [-0.4, -0.2) is 77.9 Å². The molecule has 0 unspecified atom stereocenters. The number of ketones is 2. The fourth-order valence-corrected chi connectivity index (χ4v) is 6.14. The molecule has 2 heterocycles. The van der Waals surface area contributed by atoms with Crippen molar-refractivity contribution in [2.75, 3.05) is 26.3 Å². The quantitative estimate of drug-likeness (QED) is 0.103. The van der Waals surface area contributed by atoms with Gasteiger partial charge in [-0.2, -0.15) is 0 Å². The van der Waals surface area contributed by atoms with Crippen LogP contribution in [0.15, 0.2) is 71.7 Å². The molecule has 5 rings (SSSR count). The molecular formula is C37H46N4O7. The number of carbonyl (C=O) groups is 4. The van der Waals surface area contributed by atoms with Crippen LogP contribution in [0.1, 0.15) is 67.6 Å². The van der Waals surface area contributed by atoms with Gasteiger partial charge in [-0.05, 0) is 68.7 Å². The number of carbonyl (C=O) groups excluding carboxylic acids is 4. The molecule has 2 aliphatic rings. The Morgan fingerprint density at radius 1 is 1.06 bits per heavy atom. The SMILES string of the molecule is C=CCO[C@@H]1C[C@@H](C(=O)C[C@@H](CCCCN)C(=O)c2nc3ccccc3o2)N(C(=O)[C@@H](CCc2ccccc2)NC(=O)OCC2CC2)C1. The van der Waals surface area contributed by atoms with Gasteiger partial charge in [0.25, 0.3) is 5.89 Å². The van der Waals surface area contributed by atoms with Crippen LogP contribution in [0.5, 0.6) is 0 Å². The van der Waals surface area contributed by atoms with E-state index in [2.05, 4.69) is 16.9 Å². The highest BCUT2D eigenvalue weighted by Crippen LogP contribution is 2.30. The highest BCUT2D eigenvalue weighted by molar-refractivity contribution is 6.00. The first-order valence-corrected chi connectivity index (χ1v) is 17.0. The van der Waals surface area contributed by atoms with Crippen molar-refractivity contribution in [3.63, 3.8) is 0 Å². The number of ether oxygens (including phenoxy) is 2. The number of unbranched alkanes of at least 4 members (excludes halogenated alkanes) is 1. The molecule has 3 N–H and O–H groups in total. The highest BCUT2D eigenvalue weighted by atomic mass is 16.5. The van der Waals surface area contributed by atoms with E-state index in [9.17, 15) is 19.2 Å². The van der Waals surface area contributed by atoms with Gasteiger partial charge >= 0.3 is 6.09 Å². The molecule has 2 fully saturated rings. The first-order valence-electron chi connectivity index (χ1n) is 17.0. The number of amides is 2. The van der Waals surface area contributed by atoms with E-state index in [1.807, 2.05) is 36.4 Å². The van der Waals surface area contributed by atoms with Gasteiger partial charge in [0.1, 0.15) is 11.6 Å². The molecule has 1 aromatic heterocycles. The average Bonchev–Trinajstić information content (AvgIpc) is 3.67. The van der Waals surface area contributed by atoms with Crippen LogP contribution < -0.4 is 11.1 Å². The number of hydrogen-bond donors (Lipinski definition) is 2. The number of alkyl carbamates (subject to hydrolysis) is 1. The minimum absolute atomic E-state index is 0.0387. The summed E-state index contributed by atoms with van der Waals surface area (Å²) in [5.74, 6) is -1.37. The molecule has 0 bridgehead atoms. The first kappa shape index (κ1) is 35.0. The maximum atomic E-state index is 14.3. The van der Waals surface area contributed by atoms with Crippen molar-refractivity contribution in [1.82, 2.24) is 15.2 Å². The standard InChI is InChI=1S/C37H46N4O7/c1-2-20-46-28-22-31(32(42)21-27(12-8-9-19-38)34(43)35-39-29-13-6-7-14-33(29)48-35)41(23-28)36(44)30(18-17-25-10-4-3-5-11-25)40-37(45)47-24-26-15-16-26/h2-7,10-11,13-14,26-28,30-31H,1,8-9,12,15-24,38H2,(H,40,45)/t27-,28-,30-,31+/m1/s1. The van der Waals surface area contributed by atoms with Crippen molar-refractivity contribution >= 4 is 34.7 Å². The summed E-state index contributed by atoms with van der Waals surface area (Å²) in [6.07, 6.45) is 5.37. The Balaban J connectivity index is 1.34. The third-order valence-corrected chi connectivity index (χ3v) is 9.00. The van der Waals surface area contributed by atoms with Crippen molar-refractivity contribution in [1.29, 1.82) is 0 Å². The second-order valence-corrected chi connectivity index (χ2v) is 12.8. The topological polar surface area (TPSA) is 154 Å². The monoisotopic (exact) mass is 658 g/mol. The number of likely N-dealkylation sites (tertiary alicyclic amines) is 1. The molecule has 0 radical (unpaired) electrons. The zero-order valence-corrected chi connectivity index (χ0v) is 27.4. The molecule has 48 heavy (non-hydrogen) atoms. The maximum absolute atomic E-state index is 14.3. The Labute approximate surface area is 281 Å². The fourth-order valence-electron chi connectivity index (χ4n) is 6.14. The predicted molar refractivity (Wildman–Crippen MR) is 180 cm³/mol. The Morgan fingerprint density at radius 3 is 2.56 bits per heavy atom. The molecule has 1 aliphatic carbocycles. The lowest BCUT2D eigenvalue weighted by atomic mass is 9.89. The Bertz CT molecular complexity index is 1520. The molecule has 1 aliphatic heterocycles. The number of fused-ring (bicyclic) bond motifs is 1. The number of rotatable bonds is 19. The zero-order chi connectivity index (χ0) is 33.9. The molecular weight excluding hydrogens is 612 g/mol. The average molecular weight is 659 g/mol. The van der Waals surface area contributed by atoms with E-state index in [4.69, 9.17) is 19.6 Å². The third-order valence-electron chi connectivity index (χ3n) is 9.00. The van der Waals surface area contributed by atoms with Crippen molar-refractivity contribution in [3.8, 4) is 0 Å². The number of oxazole rings is 1. The van der Waals surface area contributed by atoms with Crippen LogP contribution in [0.2, 0.25) is 0 Å². The smallest absolute Gasteiger partial charge is 0.407 e. The summed E-state index contributed by atoms with van der Waals surface area (Å²) < 4.78 is 17.1. The predicted octanol–water partition coefficient (Wildman–Crippen LogP) is 5.02. The van der Waals surface area contributed by atoms with E-state index in [1.165, 1.54) is 4.90 Å². The molecule has 0 spiro atoms. The van der Waals surface area contributed by atoms with Crippen molar-refractivity contribution < 1.29 is 33.1 Å². The number of para-hydroxylation sites is 2. The van der Waals surface area contributed by atoms with Crippen LogP contribution in [-0.2, 0) is 25.5 Å². The van der Waals surface area contributed by atoms with Gasteiger partial charge < -0.3 is 29.8 Å². The van der Waals surface area contributed by atoms with Crippen molar-refractivity contribution in [2.24, 2.45) is 17.6 Å². The normalized spacial score (nSPS) is 18.7. The Hall–Kier alpha value is -4.35. The van der Waals surface area contributed by atoms with Gasteiger partial charge in [-0.3, -0.25) is 14.4 Å². The summed E-state index contributed by atoms with van der Waals surface area (Å²) in [6, 6.07) is 15.0. The second kappa shape index (κ2) is 17.2. The molecule has 2 amide bonds. The van der Waals surface area contributed by atoms with E-state index in [0.29, 0.717) is 62.3 Å². The molecule has 11 heteroatoms. The van der Waals surface area contributed by atoms with E-state index in [-0.39, 0.29) is 49.4 Å². The molecule has 11 nitrogen and oxygen atoms in total. The fraction of sp³-hybridized carbons (Fsp3) is 0.486. The summed E-state index contributed by atoms with van der Waals surface area (Å²) in [5, 5.41) is 2.78. The van der Waals surface area contributed by atoms with Gasteiger partial charge in [0.15, 0.2) is 11.4 Å². The molecule has 1 saturated heterocycles. The summed E-state index contributed by atoms with van der Waals surface area (Å²) >= 11 is 0. The van der Waals surface area contributed by atoms with E-state index < -0.39 is 30.2 Å². The lowest BCUT2D eigenvalue weighted by molar-refractivity contribution is -0.139. The number of nitrogens with zero attached hydrogens (tertiary/aromatic N) is 2. The van der Waals surface area contributed by atoms with Crippen LogP contribution in [0.25, 0.3) is 11.1 Å². The molecule has 1 saturated carbocycles. The summed E-state index contributed by atoms with van der Waals surface area (Å²) in [7, 11) is 0. The lowest BCUT2D eigenvalue weighted by Crippen LogP contribution is -2.52. The van der Waals surface area contributed by atoms with E-state index in [1.54, 1.807) is 24.3 Å². The molecule has 2 aromatic carbocycles. The van der Waals surface area contributed by atoms with Crippen molar-refractivity contribution in [2.45, 2.75) is 76.0 Å². The van der Waals surface area contributed by atoms with Gasteiger partial charge in [0.05, 0.1) is 25.4 Å². The number of benzene rings is 2. The number of aromatic nitrogens is 1. The molecule has 256 valence electrons. The number of nitrogens with two attached hydrogens (primary N) is 1. The van der Waals surface area contributed by atoms with Gasteiger partial charge in [0, 0.05) is 25.3 Å². The van der Waals surface area contributed by atoms with Crippen molar-refractivity contribution in [3.05, 3.63) is 78.7 Å². The lowest BCUT2D eigenvalue weighted by Gasteiger charge is -2.29. The zero-order valence-electron chi connectivity index (χ0n) is 27.4. The minimum atomic E-state index is -0.924. The van der Waals surface area contributed by atoms with Crippen LogP contribution in [0, 0.1) is 11.8 Å².